The average molecular weight is 535 g/mol. The van der Waals surface area contributed by atoms with Crippen molar-refractivity contribution in [2.75, 3.05) is 5.32 Å². The Labute approximate surface area is 222 Å². The number of carbonyl (C=O) groups excluding carboxylic acids is 2. The maximum Gasteiger partial charge on any atom is 0.416 e. The zero-order valence-corrected chi connectivity index (χ0v) is 20.9. The Hall–Kier alpha value is -4.60. The first-order valence-electron chi connectivity index (χ1n) is 12.3. The smallest absolute Gasteiger partial charge is 0.416 e. The van der Waals surface area contributed by atoms with Gasteiger partial charge in [-0.1, -0.05) is 30.3 Å². The SMILES string of the molecule is Cc1ccccc1CNC(=O)n1nc(-c2ccc(NC(=O)c3cccc(C(F)(F)F)c3)cc2O)cc1C1CC1. The molecule has 0 saturated heterocycles. The van der Waals surface area contributed by atoms with E-state index >= 15 is 0 Å². The molecule has 1 fully saturated rings. The summed E-state index contributed by atoms with van der Waals surface area (Å²) in [5, 5.41) is 20.6. The number of rotatable bonds is 6. The van der Waals surface area contributed by atoms with Crippen molar-refractivity contribution < 1.29 is 27.9 Å². The summed E-state index contributed by atoms with van der Waals surface area (Å²) in [5.41, 5.74) is 2.62. The van der Waals surface area contributed by atoms with Gasteiger partial charge in [-0.25, -0.2) is 4.79 Å². The third kappa shape index (κ3) is 5.79. The molecule has 0 bridgehead atoms. The number of nitrogens with zero attached hydrogens (tertiary/aromatic N) is 2. The van der Waals surface area contributed by atoms with Gasteiger partial charge in [0, 0.05) is 35.3 Å². The van der Waals surface area contributed by atoms with E-state index in [0.717, 1.165) is 47.9 Å². The molecule has 7 nitrogen and oxygen atoms in total. The molecule has 3 aromatic carbocycles. The van der Waals surface area contributed by atoms with Gasteiger partial charge in [-0.2, -0.15) is 23.0 Å². The Kier molecular flexibility index (Phi) is 6.86. The number of nitrogens with one attached hydrogen (secondary N) is 2. The lowest BCUT2D eigenvalue weighted by Crippen LogP contribution is -2.30. The minimum absolute atomic E-state index is 0.169. The molecule has 0 unspecified atom stereocenters. The summed E-state index contributed by atoms with van der Waals surface area (Å²) in [6.07, 6.45) is -2.71. The summed E-state index contributed by atoms with van der Waals surface area (Å²) in [4.78, 5) is 25.5. The number of carbonyl (C=O) groups is 2. The molecule has 0 radical (unpaired) electrons. The number of benzene rings is 3. The van der Waals surface area contributed by atoms with Crippen LogP contribution in [0.5, 0.6) is 5.75 Å². The van der Waals surface area contributed by atoms with E-state index in [1.165, 1.54) is 28.9 Å². The maximum atomic E-state index is 13.0. The summed E-state index contributed by atoms with van der Waals surface area (Å²) in [5.74, 6) is -0.758. The normalized spacial score (nSPS) is 13.2. The fourth-order valence-electron chi connectivity index (χ4n) is 4.28. The number of aromatic hydroxyl groups is 1. The molecule has 10 heteroatoms. The highest BCUT2D eigenvalue weighted by Crippen LogP contribution is 2.42. The second-order valence-electron chi connectivity index (χ2n) is 9.49. The number of phenols is 1. The summed E-state index contributed by atoms with van der Waals surface area (Å²) < 4.78 is 40.3. The van der Waals surface area contributed by atoms with Crippen LogP contribution in [0, 0.1) is 6.92 Å². The van der Waals surface area contributed by atoms with Crippen molar-refractivity contribution in [3.05, 3.63) is 101 Å². The molecule has 0 aliphatic heterocycles. The van der Waals surface area contributed by atoms with Crippen molar-refractivity contribution in [2.24, 2.45) is 0 Å². The first kappa shape index (κ1) is 26.0. The Morgan fingerprint density at radius 1 is 1.03 bits per heavy atom. The molecule has 4 aromatic rings. The van der Waals surface area contributed by atoms with Gasteiger partial charge in [0.05, 0.1) is 17.0 Å². The molecule has 39 heavy (non-hydrogen) atoms. The monoisotopic (exact) mass is 534 g/mol. The van der Waals surface area contributed by atoms with E-state index in [2.05, 4.69) is 15.7 Å². The largest absolute Gasteiger partial charge is 0.507 e. The predicted octanol–water partition coefficient (Wildman–Crippen LogP) is 6.47. The molecule has 3 N–H and O–H groups in total. The predicted molar refractivity (Wildman–Crippen MR) is 140 cm³/mol. The van der Waals surface area contributed by atoms with E-state index in [9.17, 15) is 27.9 Å². The number of anilines is 1. The molecule has 200 valence electrons. The van der Waals surface area contributed by atoms with Crippen LogP contribution in [0.4, 0.5) is 23.7 Å². The van der Waals surface area contributed by atoms with Gasteiger partial charge in [-0.05, 0) is 67.3 Å². The Balaban J connectivity index is 1.34. The van der Waals surface area contributed by atoms with Gasteiger partial charge in [0.1, 0.15) is 5.75 Å². The lowest BCUT2D eigenvalue weighted by atomic mass is 10.1. The van der Waals surface area contributed by atoms with E-state index in [-0.39, 0.29) is 28.9 Å². The fourth-order valence-corrected chi connectivity index (χ4v) is 4.28. The van der Waals surface area contributed by atoms with Crippen LogP contribution < -0.4 is 10.6 Å². The van der Waals surface area contributed by atoms with Crippen LogP contribution in [0.2, 0.25) is 0 Å². The van der Waals surface area contributed by atoms with Crippen molar-refractivity contribution in [3.63, 3.8) is 0 Å². The lowest BCUT2D eigenvalue weighted by molar-refractivity contribution is -0.137. The summed E-state index contributed by atoms with van der Waals surface area (Å²) in [7, 11) is 0. The van der Waals surface area contributed by atoms with Crippen molar-refractivity contribution in [2.45, 2.75) is 38.4 Å². The minimum Gasteiger partial charge on any atom is -0.507 e. The summed E-state index contributed by atoms with van der Waals surface area (Å²) in [6, 6.07) is 17.5. The maximum absolute atomic E-state index is 13.0. The summed E-state index contributed by atoms with van der Waals surface area (Å²) in [6.45, 7) is 2.31. The van der Waals surface area contributed by atoms with Gasteiger partial charge in [0.25, 0.3) is 5.91 Å². The zero-order valence-electron chi connectivity index (χ0n) is 20.9. The lowest BCUT2D eigenvalue weighted by Gasteiger charge is -2.10. The van der Waals surface area contributed by atoms with Crippen molar-refractivity contribution in [3.8, 4) is 17.0 Å². The highest BCUT2D eigenvalue weighted by Gasteiger charge is 2.32. The zero-order chi connectivity index (χ0) is 27.7. The van der Waals surface area contributed by atoms with Crippen molar-refractivity contribution in [1.82, 2.24) is 15.1 Å². The van der Waals surface area contributed by atoms with Crippen LogP contribution in [0.15, 0.2) is 72.8 Å². The number of hydrogen-bond acceptors (Lipinski definition) is 4. The number of phenolic OH excluding ortho intramolecular Hbond substituents is 1. The van der Waals surface area contributed by atoms with E-state index < -0.39 is 17.6 Å². The molecule has 2 amide bonds. The highest BCUT2D eigenvalue weighted by atomic mass is 19.4. The van der Waals surface area contributed by atoms with Crippen LogP contribution in [0.25, 0.3) is 11.3 Å². The first-order valence-corrected chi connectivity index (χ1v) is 12.3. The number of alkyl halides is 3. The topological polar surface area (TPSA) is 96.3 Å². The Bertz CT molecular complexity index is 1560. The van der Waals surface area contributed by atoms with Gasteiger partial charge >= 0.3 is 12.2 Å². The Morgan fingerprint density at radius 2 is 1.79 bits per heavy atom. The van der Waals surface area contributed by atoms with E-state index in [4.69, 9.17) is 0 Å². The number of aromatic nitrogens is 2. The van der Waals surface area contributed by atoms with Crippen LogP contribution >= 0.6 is 0 Å². The molecule has 1 aliphatic rings. The van der Waals surface area contributed by atoms with Gasteiger partial charge in [0.15, 0.2) is 0 Å². The van der Waals surface area contributed by atoms with Gasteiger partial charge in [-0.15, -0.1) is 0 Å². The van der Waals surface area contributed by atoms with E-state index in [0.29, 0.717) is 17.8 Å². The third-order valence-electron chi connectivity index (χ3n) is 6.60. The number of hydrogen-bond donors (Lipinski definition) is 3. The first-order chi connectivity index (χ1) is 18.6. The minimum atomic E-state index is -4.57. The second-order valence-corrected chi connectivity index (χ2v) is 9.49. The summed E-state index contributed by atoms with van der Waals surface area (Å²) >= 11 is 0. The fraction of sp³-hybridized carbons (Fsp3) is 0.207. The molecule has 1 heterocycles. The van der Waals surface area contributed by atoms with E-state index in [1.807, 2.05) is 31.2 Å². The molecular formula is C29H25F3N4O3. The second kappa shape index (κ2) is 10.3. The van der Waals surface area contributed by atoms with Gasteiger partial charge in [0.2, 0.25) is 0 Å². The number of amides is 2. The van der Waals surface area contributed by atoms with Crippen LogP contribution in [0.1, 0.15) is 51.5 Å². The third-order valence-corrected chi connectivity index (χ3v) is 6.60. The standard InChI is InChI=1S/C29H25F3N4O3/c1-17-5-2-3-6-20(17)16-33-28(39)36-25(18-9-10-18)15-24(35-36)23-12-11-22(14-26(23)37)34-27(38)19-7-4-8-21(13-19)29(30,31)32/h2-8,11-15,18,37H,9-10,16H2,1H3,(H,33,39)(H,34,38). The van der Waals surface area contributed by atoms with E-state index in [1.54, 1.807) is 6.07 Å². The van der Waals surface area contributed by atoms with Crippen LogP contribution in [-0.4, -0.2) is 26.8 Å². The van der Waals surface area contributed by atoms with Gasteiger partial charge in [-0.3, -0.25) is 4.79 Å². The molecule has 5 rings (SSSR count). The molecule has 0 spiro atoms. The Morgan fingerprint density at radius 3 is 2.49 bits per heavy atom. The van der Waals surface area contributed by atoms with Crippen molar-refractivity contribution in [1.29, 1.82) is 0 Å². The molecule has 1 aliphatic carbocycles. The number of halogens is 3. The molecular weight excluding hydrogens is 509 g/mol. The quantitative estimate of drug-likeness (QED) is 0.264. The molecule has 1 saturated carbocycles. The van der Waals surface area contributed by atoms with Crippen molar-refractivity contribution >= 4 is 17.6 Å². The molecule has 1 aromatic heterocycles. The molecule has 0 atom stereocenters. The van der Waals surface area contributed by atoms with Crippen LogP contribution in [0.3, 0.4) is 0 Å². The van der Waals surface area contributed by atoms with Gasteiger partial charge < -0.3 is 15.7 Å². The average Bonchev–Trinajstić information content (AvgIpc) is 3.66. The van der Waals surface area contributed by atoms with Crippen LogP contribution in [-0.2, 0) is 12.7 Å². The number of aryl methyl sites for hydroxylation is 1. The highest BCUT2D eigenvalue weighted by molar-refractivity contribution is 6.04.